The van der Waals surface area contributed by atoms with Crippen molar-refractivity contribution in [2.75, 3.05) is 0 Å². The van der Waals surface area contributed by atoms with Gasteiger partial charge in [-0.15, -0.1) is 11.3 Å². The first kappa shape index (κ1) is 22.2. The Balaban J connectivity index is 1.74. The monoisotopic (exact) mass is 436 g/mol. The van der Waals surface area contributed by atoms with Crippen LogP contribution >= 0.6 is 11.3 Å². The third-order valence-corrected chi connectivity index (χ3v) is 6.11. The van der Waals surface area contributed by atoms with Crippen molar-refractivity contribution in [3.8, 4) is 11.1 Å². The molecule has 1 aromatic heterocycles. The lowest BCUT2D eigenvalue weighted by Gasteiger charge is -2.21. The molecule has 2 aromatic carbocycles. The SMILES string of the molecule is CC(CC(Cc1ccc(-c2ccccc2)cc1)NC(=O)c1ccc(C(N)=O)s1)C(=O)O. The molecule has 0 saturated carbocycles. The number of carboxylic acid groups (broad SMARTS) is 1. The summed E-state index contributed by atoms with van der Waals surface area (Å²) in [4.78, 5) is 36.0. The molecule has 3 aromatic rings. The molecular weight excluding hydrogens is 412 g/mol. The highest BCUT2D eigenvalue weighted by molar-refractivity contribution is 7.15. The van der Waals surface area contributed by atoms with E-state index in [1.54, 1.807) is 13.0 Å². The van der Waals surface area contributed by atoms with E-state index in [0.717, 1.165) is 28.0 Å². The quantitative estimate of drug-likeness (QED) is 0.471. The number of nitrogens with two attached hydrogens (primary N) is 1. The Morgan fingerprint density at radius 3 is 2.13 bits per heavy atom. The van der Waals surface area contributed by atoms with Crippen molar-refractivity contribution in [3.05, 3.63) is 82.0 Å². The van der Waals surface area contributed by atoms with Gasteiger partial charge in [0.1, 0.15) is 0 Å². The number of nitrogens with one attached hydrogen (secondary N) is 1. The van der Waals surface area contributed by atoms with E-state index in [0.29, 0.717) is 16.2 Å². The maximum atomic E-state index is 12.7. The second kappa shape index (κ2) is 10.0. The zero-order valence-electron chi connectivity index (χ0n) is 17.1. The van der Waals surface area contributed by atoms with E-state index in [4.69, 9.17) is 5.73 Å². The van der Waals surface area contributed by atoms with Crippen molar-refractivity contribution in [1.29, 1.82) is 0 Å². The highest BCUT2D eigenvalue weighted by Crippen LogP contribution is 2.21. The van der Waals surface area contributed by atoms with Gasteiger partial charge in [0.25, 0.3) is 11.8 Å². The van der Waals surface area contributed by atoms with Crippen LogP contribution in [-0.4, -0.2) is 28.9 Å². The number of hydrogen-bond acceptors (Lipinski definition) is 4. The fourth-order valence-electron chi connectivity index (χ4n) is 3.32. The Labute approximate surface area is 184 Å². The van der Waals surface area contributed by atoms with E-state index in [1.165, 1.54) is 6.07 Å². The molecule has 4 N–H and O–H groups in total. The number of aliphatic carboxylic acids is 1. The lowest BCUT2D eigenvalue weighted by molar-refractivity contribution is -0.141. The molecule has 0 radical (unpaired) electrons. The zero-order valence-corrected chi connectivity index (χ0v) is 17.9. The summed E-state index contributed by atoms with van der Waals surface area (Å²) in [6.07, 6.45) is 0.780. The molecule has 0 saturated heterocycles. The lowest BCUT2D eigenvalue weighted by Crippen LogP contribution is -2.38. The first-order chi connectivity index (χ1) is 14.8. The minimum atomic E-state index is -0.911. The van der Waals surface area contributed by atoms with Crippen LogP contribution in [0, 0.1) is 5.92 Å². The molecular formula is C24H24N2O4S. The molecule has 160 valence electrons. The third-order valence-electron chi connectivity index (χ3n) is 5.01. The summed E-state index contributed by atoms with van der Waals surface area (Å²) < 4.78 is 0. The van der Waals surface area contributed by atoms with Crippen molar-refractivity contribution in [1.82, 2.24) is 5.32 Å². The first-order valence-corrected chi connectivity index (χ1v) is 10.7. The predicted molar refractivity (Wildman–Crippen MR) is 121 cm³/mol. The van der Waals surface area contributed by atoms with E-state index in [2.05, 4.69) is 5.32 Å². The molecule has 2 unspecified atom stereocenters. The fraction of sp³-hybridized carbons (Fsp3) is 0.208. The minimum Gasteiger partial charge on any atom is -0.481 e. The van der Waals surface area contributed by atoms with E-state index in [-0.39, 0.29) is 18.4 Å². The highest BCUT2D eigenvalue weighted by Gasteiger charge is 2.22. The Kier molecular flexibility index (Phi) is 7.20. The second-order valence-corrected chi connectivity index (χ2v) is 8.52. The summed E-state index contributed by atoms with van der Waals surface area (Å²) in [5.74, 6) is -2.45. The summed E-state index contributed by atoms with van der Waals surface area (Å²) in [5, 5.41) is 12.2. The average Bonchev–Trinajstić information content (AvgIpc) is 3.25. The highest BCUT2D eigenvalue weighted by atomic mass is 32.1. The molecule has 31 heavy (non-hydrogen) atoms. The van der Waals surface area contributed by atoms with Crippen LogP contribution < -0.4 is 11.1 Å². The first-order valence-electron chi connectivity index (χ1n) is 9.91. The number of hydrogen-bond donors (Lipinski definition) is 3. The van der Waals surface area contributed by atoms with Crippen LogP contribution in [0.5, 0.6) is 0 Å². The van der Waals surface area contributed by atoms with E-state index in [9.17, 15) is 19.5 Å². The number of primary amides is 1. The maximum Gasteiger partial charge on any atom is 0.306 e. The largest absolute Gasteiger partial charge is 0.481 e. The molecule has 0 spiro atoms. The standard InChI is InChI=1S/C24H24N2O4S/c1-15(24(29)30)13-19(26-23(28)21-12-11-20(31-21)22(25)27)14-16-7-9-18(10-8-16)17-5-3-2-4-6-17/h2-12,15,19H,13-14H2,1H3,(H2,25,27)(H,26,28)(H,29,30). The molecule has 3 rings (SSSR count). The van der Waals surface area contributed by atoms with Gasteiger partial charge in [0.05, 0.1) is 15.7 Å². The molecule has 7 heteroatoms. The zero-order chi connectivity index (χ0) is 22.4. The minimum absolute atomic E-state index is 0.287. The molecule has 1 heterocycles. The number of rotatable bonds is 9. The number of amides is 2. The van der Waals surface area contributed by atoms with Crippen LogP contribution in [0.2, 0.25) is 0 Å². The molecule has 0 bridgehead atoms. The van der Waals surface area contributed by atoms with Gasteiger partial charge in [0.15, 0.2) is 0 Å². The van der Waals surface area contributed by atoms with E-state index >= 15 is 0 Å². The van der Waals surface area contributed by atoms with Gasteiger partial charge in [-0.1, -0.05) is 61.5 Å². The molecule has 0 fully saturated rings. The normalized spacial score (nSPS) is 12.7. The maximum absolute atomic E-state index is 12.7. The van der Waals surface area contributed by atoms with Gasteiger partial charge < -0.3 is 16.2 Å². The number of carbonyl (C=O) groups is 3. The summed E-state index contributed by atoms with van der Waals surface area (Å²) in [5.41, 5.74) is 8.45. The van der Waals surface area contributed by atoms with Gasteiger partial charge in [-0.05, 0) is 41.7 Å². The van der Waals surface area contributed by atoms with E-state index in [1.807, 2.05) is 54.6 Å². The van der Waals surface area contributed by atoms with Gasteiger partial charge >= 0.3 is 5.97 Å². The van der Waals surface area contributed by atoms with Crippen LogP contribution in [0.3, 0.4) is 0 Å². The van der Waals surface area contributed by atoms with Gasteiger partial charge in [-0.2, -0.15) is 0 Å². The van der Waals surface area contributed by atoms with Crippen LogP contribution in [0.25, 0.3) is 11.1 Å². The Morgan fingerprint density at radius 2 is 1.55 bits per heavy atom. The fourth-order valence-corrected chi connectivity index (χ4v) is 4.08. The van der Waals surface area contributed by atoms with Crippen molar-refractivity contribution in [2.45, 2.75) is 25.8 Å². The summed E-state index contributed by atoms with van der Waals surface area (Å²) in [6, 6.07) is 20.7. The van der Waals surface area contributed by atoms with Crippen molar-refractivity contribution in [3.63, 3.8) is 0 Å². The third kappa shape index (κ3) is 6.02. The Morgan fingerprint density at radius 1 is 0.935 bits per heavy atom. The van der Waals surface area contributed by atoms with Crippen LogP contribution in [0.1, 0.15) is 38.3 Å². The Hall–Kier alpha value is -3.45. The van der Waals surface area contributed by atoms with Crippen LogP contribution in [0.15, 0.2) is 66.7 Å². The van der Waals surface area contributed by atoms with Crippen LogP contribution in [-0.2, 0) is 11.2 Å². The van der Waals surface area contributed by atoms with Gasteiger partial charge in [-0.25, -0.2) is 0 Å². The summed E-state index contributed by atoms with van der Waals surface area (Å²) in [6.45, 7) is 1.62. The summed E-state index contributed by atoms with van der Waals surface area (Å²) in [7, 11) is 0. The smallest absolute Gasteiger partial charge is 0.306 e. The van der Waals surface area contributed by atoms with Crippen molar-refractivity contribution >= 4 is 29.1 Å². The lowest BCUT2D eigenvalue weighted by atomic mass is 9.95. The second-order valence-electron chi connectivity index (χ2n) is 7.44. The number of benzene rings is 2. The number of thiophene rings is 1. The van der Waals surface area contributed by atoms with Gasteiger partial charge in [-0.3, -0.25) is 14.4 Å². The molecule has 6 nitrogen and oxygen atoms in total. The molecule has 0 aliphatic carbocycles. The molecule has 2 atom stereocenters. The number of carbonyl (C=O) groups excluding carboxylic acids is 2. The molecule has 2 amide bonds. The van der Waals surface area contributed by atoms with Crippen LogP contribution in [0.4, 0.5) is 0 Å². The van der Waals surface area contributed by atoms with Crippen molar-refractivity contribution < 1.29 is 19.5 Å². The predicted octanol–water partition coefficient (Wildman–Crippen LogP) is 3.97. The van der Waals surface area contributed by atoms with E-state index < -0.39 is 17.8 Å². The molecule has 0 aliphatic rings. The number of carboxylic acids is 1. The summed E-state index contributed by atoms with van der Waals surface area (Å²) >= 11 is 1.02. The van der Waals surface area contributed by atoms with Gasteiger partial charge in [0, 0.05) is 6.04 Å². The topological polar surface area (TPSA) is 109 Å². The Bertz CT molecular complexity index is 1060. The van der Waals surface area contributed by atoms with Crippen molar-refractivity contribution in [2.24, 2.45) is 11.7 Å². The average molecular weight is 437 g/mol. The van der Waals surface area contributed by atoms with Gasteiger partial charge in [0.2, 0.25) is 0 Å². The molecule has 0 aliphatic heterocycles.